The maximum atomic E-state index is 12.4. The molecule has 0 spiro atoms. The van der Waals surface area contributed by atoms with Crippen LogP contribution in [0.15, 0.2) is 40.3 Å². The summed E-state index contributed by atoms with van der Waals surface area (Å²) in [5, 5.41) is 22.3. The molecule has 23 heavy (non-hydrogen) atoms. The first-order chi connectivity index (χ1) is 10.7. The first-order valence-corrected chi connectivity index (χ1v) is 8.34. The van der Waals surface area contributed by atoms with Crippen LogP contribution in [-0.2, 0) is 10.0 Å². The number of nitrogens with one attached hydrogen (secondary N) is 1. The largest absolute Gasteiger partial charge is 0.504 e. The molecule has 0 amide bonds. The number of hydrogen-bond donors (Lipinski definition) is 3. The van der Waals surface area contributed by atoms with Crippen molar-refractivity contribution in [2.75, 3.05) is 0 Å². The van der Waals surface area contributed by atoms with Crippen molar-refractivity contribution in [3.05, 3.63) is 52.6 Å². The van der Waals surface area contributed by atoms with Crippen molar-refractivity contribution in [1.82, 2.24) is 4.83 Å². The van der Waals surface area contributed by atoms with Gasteiger partial charge >= 0.3 is 0 Å². The lowest BCUT2D eigenvalue weighted by atomic mass is 10.1. The van der Waals surface area contributed by atoms with E-state index in [1.165, 1.54) is 24.4 Å². The molecule has 0 saturated carbocycles. The van der Waals surface area contributed by atoms with Crippen LogP contribution in [0, 0.1) is 20.8 Å². The molecule has 122 valence electrons. The molecule has 0 unspecified atom stereocenters. The van der Waals surface area contributed by atoms with Crippen LogP contribution in [0.1, 0.15) is 22.3 Å². The molecule has 0 fully saturated rings. The number of benzene rings is 2. The van der Waals surface area contributed by atoms with Crippen LogP contribution in [0.4, 0.5) is 0 Å². The molecule has 0 bridgehead atoms. The van der Waals surface area contributed by atoms with E-state index in [0.717, 1.165) is 5.56 Å². The molecule has 2 aromatic rings. The van der Waals surface area contributed by atoms with Crippen molar-refractivity contribution >= 4 is 16.2 Å². The zero-order chi connectivity index (χ0) is 17.2. The van der Waals surface area contributed by atoms with Gasteiger partial charge in [0.2, 0.25) is 0 Å². The minimum Gasteiger partial charge on any atom is -0.504 e. The first kappa shape index (κ1) is 16.8. The van der Waals surface area contributed by atoms with E-state index in [4.69, 9.17) is 0 Å². The second-order valence-corrected chi connectivity index (χ2v) is 6.93. The quantitative estimate of drug-likeness (QED) is 0.454. The summed E-state index contributed by atoms with van der Waals surface area (Å²) in [5.74, 6) is -0.560. The van der Waals surface area contributed by atoms with Crippen molar-refractivity contribution in [3.8, 4) is 11.5 Å². The fourth-order valence-corrected chi connectivity index (χ4v) is 3.68. The maximum Gasteiger partial charge on any atom is 0.277 e. The van der Waals surface area contributed by atoms with Gasteiger partial charge in [-0.15, -0.1) is 0 Å². The Hall–Kier alpha value is -2.54. The highest BCUT2D eigenvalue weighted by molar-refractivity contribution is 7.89. The number of aryl methyl sites for hydroxylation is 3. The second kappa shape index (κ2) is 6.29. The summed E-state index contributed by atoms with van der Waals surface area (Å²) in [5.41, 5.74) is 2.72. The number of sulfonamides is 1. The van der Waals surface area contributed by atoms with E-state index >= 15 is 0 Å². The van der Waals surface area contributed by atoms with Crippen molar-refractivity contribution in [2.45, 2.75) is 25.7 Å². The SMILES string of the molecule is Cc1cc(C)c(S(=O)(=O)NN=Cc2ccc(O)c(O)c2)c(C)c1. The third kappa shape index (κ3) is 3.81. The number of rotatable bonds is 4. The Morgan fingerprint density at radius 3 is 2.17 bits per heavy atom. The molecule has 0 radical (unpaired) electrons. The third-order valence-electron chi connectivity index (χ3n) is 3.26. The predicted molar refractivity (Wildman–Crippen MR) is 88.3 cm³/mol. The molecule has 3 N–H and O–H groups in total. The van der Waals surface area contributed by atoms with Gasteiger partial charge in [0.05, 0.1) is 11.1 Å². The molecule has 0 aliphatic carbocycles. The molecule has 0 saturated heterocycles. The third-order valence-corrected chi connectivity index (χ3v) is 4.79. The molecule has 6 nitrogen and oxygen atoms in total. The van der Waals surface area contributed by atoms with E-state index in [1.54, 1.807) is 26.0 Å². The van der Waals surface area contributed by atoms with Gasteiger partial charge in [0.1, 0.15) is 0 Å². The zero-order valence-corrected chi connectivity index (χ0v) is 13.8. The molecule has 0 aliphatic heterocycles. The van der Waals surface area contributed by atoms with Crippen LogP contribution in [0.5, 0.6) is 11.5 Å². The summed E-state index contributed by atoms with van der Waals surface area (Å²) in [6.45, 7) is 5.37. The molecular weight excluding hydrogens is 316 g/mol. The van der Waals surface area contributed by atoms with Crippen molar-refractivity contribution in [1.29, 1.82) is 0 Å². The molecule has 0 aromatic heterocycles. The van der Waals surface area contributed by atoms with Gasteiger partial charge < -0.3 is 10.2 Å². The van der Waals surface area contributed by atoms with Crippen molar-refractivity contribution in [3.63, 3.8) is 0 Å². The molecule has 0 atom stereocenters. The zero-order valence-electron chi connectivity index (χ0n) is 13.0. The average Bonchev–Trinajstić information content (AvgIpc) is 2.41. The van der Waals surface area contributed by atoms with Crippen LogP contribution < -0.4 is 4.83 Å². The smallest absolute Gasteiger partial charge is 0.277 e. The number of aromatic hydroxyl groups is 2. The summed E-state index contributed by atoms with van der Waals surface area (Å²) in [4.78, 5) is 2.36. The molecule has 0 aliphatic rings. The van der Waals surface area contributed by atoms with E-state index in [9.17, 15) is 18.6 Å². The molecule has 2 rings (SSSR count). The fourth-order valence-electron chi connectivity index (χ4n) is 2.43. The van der Waals surface area contributed by atoms with Crippen LogP contribution in [0.25, 0.3) is 0 Å². The molecule has 7 heteroatoms. The Labute approximate surface area is 135 Å². The van der Waals surface area contributed by atoms with E-state index in [-0.39, 0.29) is 16.4 Å². The lowest BCUT2D eigenvalue weighted by molar-refractivity contribution is 0.403. The summed E-state index contributed by atoms with van der Waals surface area (Å²) in [7, 11) is -3.79. The standard InChI is InChI=1S/C16H18N2O4S/c1-10-6-11(2)16(12(3)7-10)23(21,22)18-17-9-13-4-5-14(19)15(20)8-13/h4-9,18-20H,1-3H3. The van der Waals surface area contributed by atoms with Gasteiger partial charge in [-0.1, -0.05) is 17.7 Å². The number of phenolic OH excluding ortho intramolecular Hbond substituents is 2. The van der Waals surface area contributed by atoms with Gasteiger partial charge in [-0.25, -0.2) is 4.83 Å². The number of hydrazone groups is 1. The Morgan fingerprint density at radius 1 is 1.00 bits per heavy atom. The minimum absolute atomic E-state index is 0.203. The summed E-state index contributed by atoms with van der Waals surface area (Å²) >= 11 is 0. The fraction of sp³-hybridized carbons (Fsp3) is 0.188. The molecule has 2 aromatic carbocycles. The van der Waals surface area contributed by atoms with Gasteiger partial charge in [0, 0.05) is 0 Å². The average molecular weight is 334 g/mol. The monoisotopic (exact) mass is 334 g/mol. The van der Waals surface area contributed by atoms with Crippen molar-refractivity contribution < 1.29 is 18.6 Å². The highest BCUT2D eigenvalue weighted by Gasteiger charge is 2.19. The van der Waals surface area contributed by atoms with Gasteiger partial charge in [-0.2, -0.15) is 13.5 Å². The predicted octanol–water partition coefficient (Wildman–Crippen LogP) is 2.34. The number of hydrogen-bond acceptors (Lipinski definition) is 5. The van der Waals surface area contributed by atoms with Crippen molar-refractivity contribution in [2.24, 2.45) is 5.10 Å². The Morgan fingerprint density at radius 2 is 1.61 bits per heavy atom. The summed E-state index contributed by atoms with van der Waals surface area (Å²) in [6.07, 6.45) is 1.25. The van der Waals surface area contributed by atoms with Crippen LogP contribution in [-0.4, -0.2) is 24.8 Å². The number of nitrogens with zero attached hydrogens (tertiary/aromatic N) is 1. The Bertz CT molecular complexity index is 851. The van der Waals surface area contributed by atoms with E-state index in [0.29, 0.717) is 16.7 Å². The Kier molecular flexibility index (Phi) is 4.60. The minimum atomic E-state index is -3.79. The number of phenols is 2. The van der Waals surface area contributed by atoms with Gasteiger partial charge in [-0.05, 0) is 55.7 Å². The molecular formula is C16H18N2O4S. The first-order valence-electron chi connectivity index (χ1n) is 6.85. The molecule has 0 heterocycles. The van der Waals surface area contributed by atoms with Crippen LogP contribution in [0.3, 0.4) is 0 Å². The van der Waals surface area contributed by atoms with Crippen LogP contribution >= 0.6 is 0 Å². The lowest BCUT2D eigenvalue weighted by Gasteiger charge is -2.11. The highest BCUT2D eigenvalue weighted by Crippen LogP contribution is 2.24. The van der Waals surface area contributed by atoms with Gasteiger partial charge in [-0.3, -0.25) is 0 Å². The van der Waals surface area contributed by atoms with Gasteiger partial charge in [0.15, 0.2) is 11.5 Å². The van der Waals surface area contributed by atoms with E-state index in [1.807, 2.05) is 6.92 Å². The topological polar surface area (TPSA) is 99.0 Å². The Balaban J connectivity index is 2.25. The summed E-state index contributed by atoms with van der Waals surface area (Å²) < 4.78 is 24.8. The van der Waals surface area contributed by atoms with E-state index < -0.39 is 10.0 Å². The van der Waals surface area contributed by atoms with Gasteiger partial charge in [0.25, 0.3) is 10.0 Å². The highest BCUT2D eigenvalue weighted by atomic mass is 32.2. The normalized spacial score (nSPS) is 11.8. The second-order valence-electron chi connectivity index (χ2n) is 5.33. The lowest BCUT2D eigenvalue weighted by Crippen LogP contribution is -2.20. The maximum absolute atomic E-state index is 12.4. The van der Waals surface area contributed by atoms with E-state index in [2.05, 4.69) is 9.93 Å². The summed E-state index contributed by atoms with van der Waals surface area (Å²) in [6, 6.07) is 7.65. The van der Waals surface area contributed by atoms with Crippen LogP contribution in [0.2, 0.25) is 0 Å².